The molecule has 0 N–H and O–H groups in total. The van der Waals surface area contributed by atoms with Gasteiger partial charge in [-0.3, -0.25) is 10.1 Å². The average molecular weight is 303 g/mol. The fraction of sp³-hybridized carbons (Fsp3) is 0.538. The van der Waals surface area contributed by atoms with E-state index in [-0.39, 0.29) is 5.69 Å². The lowest BCUT2D eigenvalue weighted by molar-refractivity contribution is -0.384. The van der Waals surface area contributed by atoms with Crippen LogP contribution in [0.5, 0.6) is 0 Å². The molecule has 0 bridgehead atoms. The van der Waals surface area contributed by atoms with Gasteiger partial charge in [-0.2, -0.15) is 0 Å². The fourth-order valence-corrected chi connectivity index (χ4v) is 3.44. The largest absolute Gasteiger partial charge is 0.364 e. The first-order valence-electron chi connectivity index (χ1n) is 6.33. The van der Waals surface area contributed by atoms with Gasteiger partial charge in [0.15, 0.2) is 0 Å². The third-order valence-corrected chi connectivity index (χ3v) is 4.24. The van der Waals surface area contributed by atoms with E-state index < -0.39 is 4.92 Å². The Hall–Kier alpha value is -1.00. The maximum absolute atomic E-state index is 10.8. The molecule has 0 aromatic heterocycles. The van der Waals surface area contributed by atoms with Gasteiger partial charge in [0.1, 0.15) is 0 Å². The molecule has 0 saturated carbocycles. The predicted molar refractivity (Wildman–Crippen MR) is 78.4 cm³/mol. The van der Waals surface area contributed by atoms with Gasteiger partial charge in [-0.25, -0.2) is 0 Å². The van der Waals surface area contributed by atoms with E-state index in [0.29, 0.717) is 27.8 Å². The third-order valence-electron chi connectivity index (χ3n) is 3.66. The molecule has 2 atom stereocenters. The summed E-state index contributed by atoms with van der Waals surface area (Å²) in [4.78, 5) is 12.5. The summed E-state index contributed by atoms with van der Waals surface area (Å²) >= 11 is 12.4. The molecule has 104 valence electrons. The van der Waals surface area contributed by atoms with Crippen LogP contribution in [0, 0.1) is 10.1 Å². The minimum atomic E-state index is -0.482. The molecular formula is C13H16Cl2N2O2. The van der Waals surface area contributed by atoms with Crippen molar-refractivity contribution in [3.05, 3.63) is 32.3 Å². The molecular weight excluding hydrogens is 287 g/mol. The zero-order chi connectivity index (χ0) is 14.2. The highest BCUT2D eigenvalue weighted by Gasteiger charge is 2.29. The Labute approximate surface area is 122 Å². The molecule has 1 fully saturated rings. The van der Waals surface area contributed by atoms with E-state index in [9.17, 15) is 10.1 Å². The van der Waals surface area contributed by atoms with Crippen LogP contribution in [0.4, 0.5) is 11.4 Å². The second kappa shape index (κ2) is 5.55. The number of hydrogen-bond donors (Lipinski definition) is 0. The Morgan fingerprint density at radius 1 is 1.21 bits per heavy atom. The maximum Gasteiger partial charge on any atom is 0.272 e. The van der Waals surface area contributed by atoms with Gasteiger partial charge < -0.3 is 4.90 Å². The van der Waals surface area contributed by atoms with Crippen LogP contribution in [-0.4, -0.2) is 17.0 Å². The number of benzene rings is 1. The van der Waals surface area contributed by atoms with Crippen molar-refractivity contribution in [1.82, 2.24) is 0 Å². The molecule has 2 rings (SSSR count). The van der Waals surface area contributed by atoms with Crippen molar-refractivity contribution in [3.63, 3.8) is 0 Å². The maximum atomic E-state index is 10.8. The molecule has 0 amide bonds. The van der Waals surface area contributed by atoms with Crippen molar-refractivity contribution >= 4 is 34.6 Å². The second-order valence-electron chi connectivity index (χ2n) is 5.05. The van der Waals surface area contributed by atoms with Gasteiger partial charge in [-0.15, -0.1) is 0 Å². The van der Waals surface area contributed by atoms with Crippen LogP contribution < -0.4 is 4.90 Å². The number of non-ortho nitro benzene ring substituents is 1. The number of halogens is 2. The smallest absolute Gasteiger partial charge is 0.272 e. The third kappa shape index (κ3) is 2.79. The van der Waals surface area contributed by atoms with Crippen LogP contribution in [0.25, 0.3) is 0 Å². The molecule has 6 heteroatoms. The fourth-order valence-electron chi connectivity index (χ4n) is 2.77. The van der Waals surface area contributed by atoms with Gasteiger partial charge in [0, 0.05) is 24.2 Å². The Morgan fingerprint density at radius 2 is 1.68 bits per heavy atom. The van der Waals surface area contributed by atoms with Crippen LogP contribution in [0.2, 0.25) is 10.0 Å². The summed E-state index contributed by atoms with van der Waals surface area (Å²) in [6.45, 7) is 4.26. The van der Waals surface area contributed by atoms with Crippen molar-refractivity contribution in [1.29, 1.82) is 0 Å². The summed E-state index contributed by atoms with van der Waals surface area (Å²) in [5, 5.41) is 11.5. The number of nitrogens with zero attached hydrogens (tertiary/aromatic N) is 2. The van der Waals surface area contributed by atoms with Gasteiger partial charge in [-0.1, -0.05) is 23.2 Å². The van der Waals surface area contributed by atoms with Gasteiger partial charge >= 0.3 is 0 Å². The van der Waals surface area contributed by atoms with E-state index in [1.807, 2.05) is 0 Å². The summed E-state index contributed by atoms with van der Waals surface area (Å²) in [5.41, 5.74) is 0.643. The first kappa shape index (κ1) is 14.4. The highest BCUT2D eigenvalue weighted by atomic mass is 35.5. The number of nitro benzene ring substituents is 1. The van der Waals surface area contributed by atoms with Crippen LogP contribution >= 0.6 is 23.2 Å². The molecule has 1 heterocycles. The lowest BCUT2D eigenvalue weighted by Gasteiger charge is -2.41. The Kier molecular flexibility index (Phi) is 4.21. The number of rotatable bonds is 2. The van der Waals surface area contributed by atoms with Gasteiger partial charge in [0.25, 0.3) is 5.69 Å². The van der Waals surface area contributed by atoms with E-state index in [1.165, 1.54) is 18.6 Å². The minimum Gasteiger partial charge on any atom is -0.364 e. The molecule has 0 radical (unpaired) electrons. The second-order valence-corrected chi connectivity index (χ2v) is 5.87. The van der Waals surface area contributed by atoms with E-state index in [1.54, 1.807) is 0 Å². The summed E-state index contributed by atoms with van der Waals surface area (Å²) < 4.78 is 0. The van der Waals surface area contributed by atoms with Crippen molar-refractivity contribution in [2.45, 2.75) is 45.2 Å². The van der Waals surface area contributed by atoms with Crippen LogP contribution in [0.15, 0.2) is 12.1 Å². The van der Waals surface area contributed by atoms with Crippen molar-refractivity contribution in [2.24, 2.45) is 0 Å². The topological polar surface area (TPSA) is 46.4 Å². The number of piperidine rings is 1. The van der Waals surface area contributed by atoms with Crippen LogP contribution in [0.3, 0.4) is 0 Å². The highest BCUT2D eigenvalue weighted by Crippen LogP contribution is 2.41. The molecule has 0 unspecified atom stereocenters. The molecule has 19 heavy (non-hydrogen) atoms. The molecule has 1 saturated heterocycles. The number of anilines is 1. The zero-order valence-corrected chi connectivity index (χ0v) is 12.4. The van der Waals surface area contributed by atoms with E-state index >= 15 is 0 Å². The predicted octanol–water partition coefficient (Wildman–Crippen LogP) is 4.67. The molecule has 0 aliphatic carbocycles. The molecule has 1 aliphatic heterocycles. The minimum absolute atomic E-state index is 0.0731. The average Bonchev–Trinajstić information content (AvgIpc) is 2.31. The van der Waals surface area contributed by atoms with Crippen molar-refractivity contribution in [3.8, 4) is 0 Å². The first-order chi connectivity index (χ1) is 8.91. The van der Waals surface area contributed by atoms with Gasteiger partial charge in [-0.05, 0) is 33.1 Å². The molecule has 1 aliphatic rings. The zero-order valence-electron chi connectivity index (χ0n) is 10.9. The summed E-state index contributed by atoms with van der Waals surface area (Å²) in [6.07, 6.45) is 3.34. The van der Waals surface area contributed by atoms with E-state index in [4.69, 9.17) is 23.2 Å². The van der Waals surface area contributed by atoms with Crippen LogP contribution in [-0.2, 0) is 0 Å². The Balaban J connectivity index is 2.47. The number of nitro groups is 1. The summed E-state index contributed by atoms with van der Waals surface area (Å²) in [5.74, 6) is 0. The molecule has 0 spiro atoms. The molecule has 4 nitrogen and oxygen atoms in total. The van der Waals surface area contributed by atoms with Crippen molar-refractivity contribution < 1.29 is 4.92 Å². The van der Waals surface area contributed by atoms with Crippen LogP contribution in [0.1, 0.15) is 33.1 Å². The SMILES string of the molecule is C[C@H]1CCC[C@H](C)N1c1c(Cl)cc([N+](=O)[O-])cc1Cl. The summed E-state index contributed by atoms with van der Waals surface area (Å²) in [6, 6.07) is 3.41. The van der Waals surface area contributed by atoms with Gasteiger partial charge in [0.2, 0.25) is 0 Å². The Morgan fingerprint density at radius 3 is 2.11 bits per heavy atom. The van der Waals surface area contributed by atoms with Crippen molar-refractivity contribution in [2.75, 3.05) is 4.90 Å². The standard InChI is InChI=1S/C13H16Cl2N2O2/c1-8-4-3-5-9(2)16(8)13-11(14)6-10(17(18)19)7-12(13)15/h6-9H,3-5H2,1-2H3/t8-,9-/m0/s1. The van der Waals surface area contributed by atoms with Gasteiger partial charge in [0.05, 0.1) is 20.7 Å². The monoisotopic (exact) mass is 302 g/mol. The lowest BCUT2D eigenvalue weighted by atomic mass is 9.96. The number of hydrogen-bond acceptors (Lipinski definition) is 3. The molecule has 1 aromatic rings. The molecule has 1 aromatic carbocycles. The first-order valence-corrected chi connectivity index (χ1v) is 7.09. The summed E-state index contributed by atoms with van der Waals surface area (Å²) in [7, 11) is 0. The van der Waals surface area contributed by atoms with E-state index in [2.05, 4.69) is 18.7 Å². The lowest BCUT2D eigenvalue weighted by Crippen LogP contribution is -2.44. The highest BCUT2D eigenvalue weighted by molar-refractivity contribution is 6.39. The normalized spacial score (nSPS) is 23.5. The Bertz CT molecular complexity index is 474. The van der Waals surface area contributed by atoms with E-state index in [0.717, 1.165) is 12.8 Å². The quantitative estimate of drug-likeness (QED) is 0.589.